The maximum Gasteiger partial charge on any atom is 0.191 e. The molecule has 3 heteroatoms. The predicted octanol–water partition coefficient (Wildman–Crippen LogP) is 2.39. The summed E-state index contributed by atoms with van der Waals surface area (Å²) < 4.78 is 1.86. The molecule has 19 heavy (non-hydrogen) atoms. The van der Waals surface area contributed by atoms with Crippen LogP contribution in [0, 0.1) is 0 Å². The van der Waals surface area contributed by atoms with Crippen LogP contribution in [-0.4, -0.2) is 19.9 Å². The standard InChI is InChI=1S/C16H17N2O/c1-17(2)15-8-11-18(12-9-15)13-10-16(19)14-6-4-3-5-7-14/h3-13H,1-2H3/q+1/b13-10-. The van der Waals surface area contributed by atoms with Crippen molar-refractivity contribution in [3.63, 3.8) is 0 Å². The summed E-state index contributed by atoms with van der Waals surface area (Å²) in [7, 11) is 3.99. The fourth-order valence-corrected chi connectivity index (χ4v) is 1.68. The highest BCUT2D eigenvalue weighted by Crippen LogP contribution is 2.06. The lowest BCUT2D eigenvalue weighted by molar-refractivity contribution is -0.568. The van der Waals surface area contributed by atoms with Crippen molar-refractivity contribution >= 4 is 17.7 Å². The smallest absolute Gasteiger partial charge is 0.191 e. The van der Waals surface area contributed by atoms with Crippen molar-refractivity contribution in [2.24, 2.45) is 0 Å². The van der Waals surface area contributed by atoms with Crippen LogP contribution in [-0.2, 0) is 0 Å². The molecule has 0 N–H and O–H groups in total. The van der Waals surface area contributed by atoms with E-state index in [-0.39, 0.29) is 5.78 Å². The van der Waals surface area contributed by atoms with E-state index in [1.807, 2.05) is 78.4 Å². The van der Waals surface area contributed by atoms with Crippen LogP contribution in [0.2, 0.25) is 0 Å². The van der Waals surface area contributed by atoms with E-state index in [2.05, 4.69) is 0 Å². The van der Waals surface area contributed by atoms with Gasteiger partial charge in [0, 0.05) is 37.5 Å². The summed E-state index contributed by atoms with van der Waals surface area (Å²) in [6.45, 7) is 0. The van der Waals surface area contributed by atoms with Gasteiger partial charge in [-0.3, -0.25) is 4.79 Å². The van der Waals surface area contributed by atoms with E-state index in [4.69, 9.17) is 0 Å². The molecule has 0 unspecified atom stereocenters. The lowest BCUT2D eigenvalue weighted by Crippen LogP contribution is -2.25. The van der Waals surface area contributed by atoms with Crippen molar-refractivity contribution in [1.82, 2.24) is 0 Å². The number of carbonyl (C=O) groups is 1. The van der Waals surface area contributed by atoms with Crippen molar-refractivity contribution in [2.45, 2.75) is 0 Å². The minimum Gasteiger partial charge on any atom is -0.377 e. The first-order valence-corrected chi connectivity index (χ1v) is 6.12. The Kier molecular flexibility index (Phi) is 4.08. The first-order chi connectivity index (χ1) is 9.16. The van der Waals surface area contributed by atoms with Crippen LogP contribution in [0.25, 0.3) is 6.20 Å². The van der Waals surface area contributed by atoms with E-state index in [1.54, 1.807) is 12.3 Å². The van der Waals surface area contributed by atoms with Crippen LogP contribution < -0.4 is 9.47 Å². The molecule has 0 saturated carbocycles. The number of hydrogen-bond acceptors (Lipinski definition) is 2. The highest BCUT2D eigenvalue weighted by Gasteiger charge is 2.03. The number of rotatable bonds is 4. The zero-order chi connectivity index (χ0) is 13.7. The van der Waals surface area contributed by atoms with Gasteiger partial charge in [0.15, 0.2) is 24.4 Å². The molecule has 0 spiro atoms. The van der Waals surface area contributed by atoms with E-state index < -0.39 is 0 Å². The molecule has 0 bridgehead atoms. The van der Waals surface area contributed by atoms with Crippen LogP contribution in [0.15, 0.2) is 60.9 Å². The average Bonchev–Trinajstić information content (AvgIpc) is 2.46. The Hall–Kier alpha value is -2.42. The summed E-state index contributed by atoms with van der Waals surface area (Å²) in [6.07, 6.45) is 7.17. The number of ketones is 1. The van der Waals surface area contributed by atoms with Crippen molar-refractivity contribution in [3.05, 3.63) is 66.5 Å². The number of pyridine rings is 1. The number of benzene rings is 1. The normalized spacial score (nSPS) is 10.6. The summed E-state index contributed by atoms with van der Waals surface area (Å²) in [5.74, 6) is 0.00443. The Morgan fingerprint density at radius 1 is 1.05 bits per heavy atom. The average molecular weight is 253 g/mol. The molecule has 0 aliphatic rings. The molecule has 1 aromatic heterocycles. The van der Waals surface area contributed by atoms with Gasteiger partial charge in [-0.15, -0.1) is 0 Å². The fourth-order valence-electron chi connectivity index (χ4n) is 1.68. The molecule has 2 aromatic rings. The number of anilines is 1. The van der Waals surface area contributed by atoms with Gasteiger partial charge in [0.05, 0.1) is 6.08 Å². The molecule has 2 rings (SSSR count). The molecule has 0 aliphatic heterocycles. The molecule has 0 amide bonds. The van der Waals surface area contributed by atoms with Crippen molar-refractivity contribution < 1.29 is 9.36 Å². The van der Waals surface area contributed by atoms with E-state index in [9.17, 15) is 4.79 Å². The Balaban J connectivity index is 2.08. The Bertz CT molecular complexity index is 571. The summed E-state index contributed by atoms with van der Waals surface area (Å²) >= 11 is 0. The van der Waals surface area contributed by atoms with Gasteiger partial charge >= 0.3 is 0 Å². The van der Waals surface area contributed by atoms with E-state index in [0.29, 0.717) is 5.56 Å². The van der Waals surface area contributed by atoms with Crippen LogP contribution in [0.3, 0.4) is 0 Å². The van der Waals surface area contributed by atoms with Gasteiger partial charge in [0.25, 0.3) is 0 Å². The van der Waals surface area contributed by atoms with E-state index in [1.165, 1.54) is 0 Å². The molecular formula is C16H17N2O+. The Morgan fingerprint density at radius 3 is 2.26 bits per heavy atom. The van der Waals surface area contributed by atoms with Gasteiger partial charge in [0.2, 0.25) is 0 Å². The van der Waals surface area contributed by atoms with Gasteiger partial charge in [-0.05, 0) is 0 Å². The molecular weight excluding hydrogens is 236 g/mol. The van der Waals surface area contributed by atoms with Gasteiger partial charge in [0.1, 0.15) is 0 Å². The third-order valence-corrected chi connectivity index (χ3v) is 2.81. The molecule has 1 aromatic carbocycles. The molecule has 0 atom stereocenters. The van der Waals surface area contributed by atoms with Crippen molar-refractivity contribution in [1.29, 1.82) is 0 Å². The molecule has 0 saturated heterocycles. The third kappa shape index (κ3) is 3.52. The number of aromatic nitrogens is 1. The largest absolute Gasteiger partial charge is 0.377 e. The lowest BCUT2D eigenvalue weighted by Gasteiger charge is -2.09. The number of hydrogen-bond donors (Lipinski definition) is 0. The number of carbonyl (C=O) groups excluding carboxylic acids is 1. The van der Waals surface area contributed by atoms with Gasteiger partial charge < -0.3 is 4.90 Å². The van der Waals surface area contributed by atoms with Gasteiger partial charge in [-0.25, -0.2) is 0 Å². The van der Waals surface area contributed by atoms with Gasteiger partial charge in [-0.2, -0.15) is 4.57 Å². The fraction of sp³-hybridized carbons (Fsp3) is 0.125. The quantitative estimate of drug-likeness (QED) is 0.475. The monoisotopic (exact) mass is 253 g/mol. The summed E-state index contributed by atoms with van der Waals surface area (Å²) in [6, 6.07) is 13.2. The van der Waals surface area contributed by atoms with Crippen LogP contribution in [0.4, 0.5) is 5.69 Å². The molecule has 0 fully saturated rings. The molecule has 1 heterocycles. The molecule has 0 radical (unpaired) electrons. The highest BCUT2D eigenvalue weighted by molar-refractivity contribution is 6.05. The highest BCUT2D eigenvalue weighted by atomic mass is 16.1. The number of nitrogens with zero attached hydrogens (tertiary/aromatic N) is 2. The topological polar surface area (TPSA) is 24.2 Å². The lowest BCUT2D eigenvalue weighted by atomic mass is 10.1. The van der Waals surface area contributed by atoms with E-state index in [0.717, 1.165) is 5.69 Å². The van der Waals surface area contributed by atoms with Crippen molar-refractivity contribution in [2.75, 3.05) is 19.0 Å². The van der Waals surface area contributed by atoms with Crippen molar-refractivity contribution in [3.8, 4) is 0 Å². The van der Waals surface area contributed by atoms with Crippen LogP contribution in [0.5, 0.6) is 0 Å². The summed E-state index contributed by atoms with van der Waals surface area (Å²) in [4.78, 5) is 13.9. The zero-order valence-electron chi connectivity index (χ0n) is 11.2. The first-order valence-electron chi connectivity index (χ1n) is 6.12. The van der Waals surface area contributed by atoms with Crippen LogP contribution >= 0.6 is 0 Å². The Labute approximate surface area is 113 Å². The van der Waals surface area contributed by atoms with Gasteiger partial charge in [-0.1, -0.05) is 30.3 Å². The second-order valence-corrected chi connectivity index (χ2v) is 4.44. The third-order valence-electron chi connectivity index (χ3n) is 2.81. The second-order valence-electron chi connectivity index (χ2n) is 4.44. The molecule has 3 nitrogen and oxygen atoms in total. The summed E-state index contributed by atoms with van der Waals surface area (Å²) in [5.41, 5.74) is 1.82. The van der Waals surface area contributed by atoms with Crippen LogP contribution in [0.1, 0.15) is 10.4 Å². The minimum atomic E-state index is 0.00443. The Morgan fingerprint density at radius 2 is 1.68 bits per heavy atom. The second kappa shape index (κ2) is 5.96. The number of allylic oxidation sites excluding steroid dienone is 1. The predicted molar refractivity (Wildman–Crippen MR) is 77.1 cm³/mol. The maximum atomic E-state index is 11.9. The molecule has 96 valence electrons. The minimum absolute atomic E-state index is 0.00443. The zero-order valence-corrected chi connectivity index (χ0v) is 11.2. The van der Waals surface area contributed by atoms with E-state index >= 15 is 0 Å². The first kappa shape index (κ1) is 13.0. The molecule has 0 aliphatic carbocycles. The summed E-state index contributed by atoms with van der Waals surface area (Å²) in [5, 5.41) is 0. The maximum absolute atomic E-state index is 11.9. The SMILES string of the molecule is CN(C)c1cc[n+](/C=C\C(=O)c2ccccc2)cc1.